The Morgan fingerprint density at radius 3 is 2.59 bits per heavy atom. The molecule has 0 atom stereocenters. The van der Waals surface area contributed by atoms with Gasteiger partial charge in [-0.15, -0.1) is 0 Å². The number of halogens is 1. The van der Waals surface area contributed by atoms with Crippen molar-refractivity contribution in [3.8, 4) is 5.75 Å². The highest BCUT2D eigenvalue weighted by molar-refractivity contribution is 6.28. The Labute approximate surface area is 165 Å². The molecule has 2 aromatic rings. The van der Waals surface area contributed by atoms with E-state index < -0.39 is 0 Å². The molecule has 2 rings (SSSR count). The van der Waals surface area contributed by atoms with Crippen molar-refractivity contribution in [2.45, 2.75) is 27.2 Å². The van der Waals surface area contributed by atoms with Gasteiger partial charge in [-0.05, 0) is 55.4 Å². The van der Waals surface area contributed by atoms with Gasteiger partial charge in [0.25, 0.3) is 0 Å². The molecule has 6 nitrogen and oxygen atoms in total. The van der Waals surface area contributed by atoms with E-state index in [1.807, 2.05) is 19.1 Å². The van der Waals surface area contributed by atoms with Crippen molar-refractivity contribution in [1.29, 1.82) is 0 Å². The predicted molar refractivity (Wildman–Crippen MR) is 109 cm³/mol. The molecule has 1 aromatic carbocycles. The molecule has 0 saturated carbocycles. The third kappa shape index (κ3) is 6.48. The van der Waals surface area contributed by atoms with Gasteiger partial charge in [-0.3, -0.25) is 4.79 Å². The molecule has 0 spiro atoms. The van der Waals surface area contributed by atoms with Gasteiger partial charge in [0.05, 0.1) is 19.2 Å². The van der Waals surface area contributed by atoms with Crippen LogP contribution in [-0.2, 0) is 6.42 Å². The number of nitrogens with one attached hydrogen (secondary N) is 1. The van der Waals surface area contributed by atoms with Crippen LogP contribution in [0.5, 0.6) is 5.75 Å². The molecule has 0 unspecified atom stereocenters. The summed E-state index contributed by atoms with van der Waals surface area (Å²) in [6.45, 7) is 9.86. The number of Topliss-reactive ketones (excluding diaryl/α,β-unsaturated/α-hetero) is 1. The van der Waals surface area contributed by atoms with Crippen molar-refractivity contribution >= 4 is 23.2 Å². The maximum atomic E-state index is 12.7. The number of rotatable bonds is 10. The Hall–Kier alpha value is -2.18. The molecular formula is C20H27ClN4O2. The molecular weight excluding hydrogens is 364 g/mol. The molecule has 0 amide bonds. The molecule has 1 heterocycles. The van der Waals surface area contributed by atoms with Crippen molar-refractivity contribution in [1.82, 2.24) is 14.9 Å². The van der Waals surface area contributed by atoms with Crippen LogP contribution >= 0.6 is 11.6 Å². The van der Waals surface area contributed by atoms with Crippen LogP contribution in [0.25, 0.3) is 0 Å². The number of hydrogen-bond donors (Lipinski definition) is 1. The van der Waals surface area contributed by atoms with Crippen molar-refractivity contribution in [3.05, 3.63) is 46.4 Å². The maximum Gasteiger partial charge on any atom is 0.224 e. The summed E-state index contributed by atoms with van der Waals surface area (Å²) in [5.74, 6) is 1.26. The Morgan fingerprint density at radius 2 is 1.93 bits per heavy atom. The first-order chi connectivity index (χ1) is 12.9. The number of ether oxygens (including phenoxy) is 1. The number of aryl methyl sites for hydroxylation is 1. The number of likely N-dealkylation sites (N-methyl/N-ethyl adjacent to an activating group) is 1. The zero-order valence-electron chi connectivity index (χ0n) is 16.4. The van der Waals surface area contributed by atoms with Gasteiger partial charge >= 0.3 is 0 Å². The topological polar surface area (TPSA) is 67.4 Å². The molecule has 0 aliphatic rings. The molecule has 0 aliphatic carbocycles. The summed E-state index contributed by atoms with van der Waals surface area (Å²) in [4.78, 5) is 23.4. The highest BCUT2D eigenvalue weighted by atomic mass is 35.5. The van der Waals surface area contributed by atoms with Gasteiger partial charge in [-0.1, -0.05) is 13.8 Å². The van der Waals surface area contributed by atoms with E-state index in [1.54, 1.807) is 19.2 Å². The number of methoxy groups -OCH3 is 1. The minimum absolute atomic E-state index is 0.0409. The van der Waals surface area contributed by atoms with Crippen molar-refractivity contribution in [2.24, 2.45) is 0 Å². The summed E-state index contributed by atoms with van der Waals surface area (Å²) in [5, 5.41) is 3.39. The third-order valence-electron chi connectivity index (χ3n) is 4.33. The van der Waals surface area contributed by atoms with Gasteiger partial charge in [-0.25, -0.2) is 9.97 Å². The Morgan fingerprint density at radius 1 is 1.19 bits per heavy atom. The van der Waals surface area contributed by atoms with Crippen LogP contribution in [0.4, 0.5) is 5.82 Å². The number of carbonyl (C=O) groups excluding carboxylic acids is 1. The highest BCUT2D eigenvalue weighted by Gasteiger charge is 2.12. The van der Waals surface area contributed by atoms with Crippen LogP contribution in [0.15, 0.2) is 24.3 Å². The lowest BCUT2D eigenvalue weighted by atomic mass is 10.0. The summed E-state index contributed by atoms with van der Waals surface area (Å²) in [7, 11) is 1.59. The van der Waals surface area contributed by atoms with E-state index in [1.165, 1.54) is 0 Å². The molecule has 1 aromatic heterocycles. The summed E-state index contributed by atoms with van der Waals surface area (Å²) >= 11 is 6.04. The lowest BCUT2D eigenvalue weighted by Gasteiger charge is -2.18. The van der Waals surface area contributed by atoms with Crippen molar-refractivity contribution < 1.29 is 9.53 Å². The number of nitrogens with zero attached hydrogens (tertiary/aromatic N) is 3. The smallest absolute Gasteiger partial charge is 0.224 e. The van der Waals surface area contributed by atoms with E-state index in [2.05, 4.69) is 34.0 Å². The largest absolute Gasteiger partial charge is 0.497 e. The van der Waals surface area contributed by atoms with Gasteiger partial charge in [-0.2, -0.15) is 0 Å². The molecule has 146 valence electrons. The number of aromatic nitrogens is 2. The summed E-state index contributed by atoms with van der Waals surface area (Å²) in [5.41, 5.74) is 2.15. The number of hydrogen-bond acceptors (Lipinski definition) is 6. The molecule has 0 aliphatic heterocycles. The van der Waals surface area contributed by atoms with E-state index in [0.717, 1.165) is 31.7 Å². The second kappa shape index (κ2) is 10.2. The molecule has 27 heavy (non-hydrogen) atoms. The first kappa shape index (κ1) is 21.1. The average molecular weight is 391 g/mol. The van der Waals surface area contributed by atoms with E-state index in [0.29, 0.717) is 22.8 Å². The minimum Gasteiger partial charge on any atom is -0.497 e. The fraction of sp³-hybridized carbons (Fsp3) is 0.450. The van der Waals surface area contributed by atoms with Crippen LogP contribution < -0.4 is 10.1 Å². The van der Waals surface area contributed by atoms with Gasteiger partial charge in [0.15, 0.2) is 5.78 Å². The van der Waals surface area contributed by atoms with Crippen LogP contribution in [0.3, 0.4) is 0 Å². The maximum absolute atomic E-state index is 12.7. The summed E-state index contributed by atoms with van der Waals surface area (Å²) in [6.07, 6.45) is 0.152. The Bertz CT molecular complexity index is 779. The van der Waals surface area contributed by atoms with Gasteiger partial charge in [0.2, 0.25) is 5.28 Å². The van der Waals surface area contributed by atoms with Crippen LogP contribution in [-0.4, -0.2) is 53.9 Å². The van der Waals surface area contributed by atoms with E-state index in [4.69, 9.17) is 16.3 Å². The van der Waals surface area contributed by atoms with E-state index in [9.17, 15) is 4.79 Å². The SMILES string of the molecule is CCN(CC)CCNc1cc(CC(=O)c2cc(C)cc(OC)c2)nc(Cl)n1. The predicted octanol–water partition coefficient (Wildman–Crippen LogP) is 3.63. The van der Waals surface area contributed by atoms with Crippen molar-refractivity contribution in [3.63, 3.8) is 0 Å². The zero-order chi connectivity index (χ0) is 19.8. The number of anilines is 1. The summed E-state index contributed by atoms with van der Waals surface area (Å²) in [6, 6.07) is 7.24. The zero-order valence-corrected chi connectivity index (χ0v) is 17.1. The lowest BCUT2D eigenvalue weighted by molar-refractivity contribution is 0.0991. The van der Waals surface area contributed by atoms with Crippen molar-refractivity contribution in [2.75, 3.05) is 38.6 Å². The van der Waals surface area contributed by atoms with Crippen LogP contribution in [0.2, 0.25) is 5.28 Å². The van der Waals surface area contributed by atoms with E-state index in [-0.39, 0.29) is 17.5 Å². The second-order valence-electron chi connectivity index (χ2n) is 6.31. The molecule has 0 fully saturated rings. The van der Waals surface area contributed by atoms with Gasteiger partial charge < -0.3 is 15.0 Å². The normalized spacial score (nSPS) is 10.9. The van der Waals surface area contributed by atoms with Crippen LogP contribution in [0, 0.1) is 6.92 Å². The lowest BCUT2D eigenvalue weighted by Crippen LogP contribution is -2.28. The van der Waals surface area contributed by atoms with Crippen LogP contribution in [0.1, 0.15) is 35.5 Å². The van der Waals surface area contributed by atoms with Gasteiger partial charge in [0, 0.05) is 24.7 Å². The number of carbonyl (C=O) groups is 1. The minimum atomic E-state index is -0.0409. The molecule has 1 N–H and O–H groups in total. The summed E-state index contributed by atoms with van der Waals surface area (Å²) < 4.78 is 5.24. The third-order valence-corrected chi connectivity index (χ3v) is 4.50. The Kier molecular flexibility index (Phi) is 8.00. The first-order valence-corrected chi connectivity index (χ1v) is 9.51. The first-order valence-electron chi connectivity index (χ1n) is 9.13. The van der Waals surface area contributed by atoms with E-state index >= 15 is 0 Å². The average Bonchev–Trinajstić information content (AvgIpc) is 2.64. The monoisotopic (exact) mass is 390 g/mol. The second-order valence-corrected chi connectivity index (χ2v) is 6.64. The molecule has 0 saturated heterocycles. The Balaban J connectivity index is 2.07. The standard InChI is InChI=1S/C20H27ClN4O2/c1-5-25(6-2)8-7-22-19-13-16(23-20(21)24-19)12-18(26)15-9-14(3)10-17(11-15)27-4/h9-11,13H,5-8,12H2,1-4H3,(H,22,23,24). The van der Waals surface area contributed by atoms with Gasteiger partial charge in [0.1, 0.15) is 11.6 Å². The molecule has 7 heteroatoms. The quantitative estimate of drug-likeness (QED) is 0.493. The molecule has 0 radical (unpaired) electrons. The fourth-order valence-electron chi connectivity index (χ4n) is 2.82. The fourth-order valence-corrected chi connectivity index (χ4v) is 3.02. The number of benzene rings is 1. The highest BCUT2D eigenvalue weighted by Crippen LogP contribution is 2.19. The molecule has 0 bridgehead atoms. The number of ketones is 1.